The summed E-state index contributed by atoms with van der Waals surface area (Å²) >= 11 is 12.4. The molecule has 0 radical (unpaired) electrons. The summed E-state index contributed by atoms with van der Waals surface area (Å²) < 4.78 is 36.2. The molecule has 1 aliphatic rings. The van der Waals surface area contributed by atoms with E-state index >= 15 is 0 Å². The molecule has 1 aromatic heterocycles. The van der Waals surface area contributed by atoms with Crippen molar-refractivity contribution in [2.75, 3.05) is 0 Å². The normalized spacial score (nSPS) is 15.8. The minimum Gasteiger partial charge on any atom is -0.481 e. The number of hydrogen-bond acceptors (Lipinski definition) is 5. The number of benzene rings is 2. The summed E-state index contributed by atoms with van der Waals surface area (Å²) in [6, 6.07) is 10.7. The molecule has 11 heteroatoms. The number of aromatic nitrogens is 2. The van der Waals surface area contributed by atoms with Gasteiger partial charge < -0.3 is 9.84 Å². The minimum atomic E-state index is -3.89. The molecule has 3 aromatic rings. The van der Waals surface area contributed by atoms with Gasteiger partial charge in [0, 0.05) is 11.3 Å². The Balaban J connectivity index is 1.52. The second-order valence-electron chi connectivity index (χ2n) is 7.60. The van der Waals surface area contributed by atoms with Crippen LogP contribution in [-0.2, 0) is 27.8 Å². The van der Waals surface area contributed by atoms with Gasteiger partial charge in [-0.25, -0.2) is 13.1 Å². The second kappa shape index (κ2) is 9.72. The number of carbonyl (C=O) groups is 1. The summed E-state index contributed by atoms with van der Waals surface area (Å²) in [5, 5.41) is 13.7. The molecule has 0 saturated carbocycles. The van der Waals surface area contributed by atoms with Gasteiger partial charge in [-0.1, -0.05) is 35.3 Å². The number of ether oxygens (including phenoxy) is 1. The van der Waals surface area contributed by atoms with Crippen molar-refractivity contribution in [1.29, 1.82) is 0 Å². The molecule has 1 atom stereocenters. The fourth-order valence-corrected chi connectivity index (χ4v) is 5.50. The van der Waals surface area contributed by atoms with Crippen LogP contribution in [0.5, 0.6) is 11.5 Å². The lowest BCUT2D eigenvalue weighted by atomic mass is 9.94. The van der Waals surface area contributed by atoms with Gasteiger partial charge in [-0.3, -0.25) is 9.48 Å². The Morgan fingerprint density at radius 1 is 1.18 bits per heavy atom. The Bertz CT molecular complexity index is 1290. The van der Waals surface area contributed by atoms with E-state index in [1.807, 2.05) is 0 Å². The SMILES string of the molecule is O=C(O)CCn1ncc2c1CCCC2NS(=O)(=O)c1ccc(Oc2ccccc2Cl)c(Cl)c1. The predicted molar refractivity (Wildman–Crippen MR) is 123 cm³/mol. The van der Waals surface area contributed by atoms with E-state index in [1.165, 1.54) is 18.2 Å². The van der Waals surface area contributed by atoms with E-state index < -0.39 is 22.0 Å². The number of rotatable bonds is 8. The van der Waals surface area contributed by atoms with E-state index in [1.54, 1.807) is 35.1 Å². The first-order valence-corrected chi connectivity index (χ1v) is 12.5. The van der Waals surface area contributed by atoms with E-state index in [2.05, 4.69) is 9.82 Å². The third-order valence-corrected chi connectivity index (χ3v) is 7.44. The van der Waals surface area contributed by atoms with Crippen molar-refractivity contribution in [1.82, 2.24) is 14.5 Å². The summed E-state index contributed by atoms with van der Waals surface area (Å²) in [5.74, 6) is -0.223. The maximum absolute atomic E-state index is 13.1. The number of halogens is 2. The van der Waals surface area contributed by atoms with Gasteiger partial charge in [-0.2, -0.15) is 5.10 Å². The zero-order valence-corrected chi connectivity index (χ0v) is 19.7. The Morgan fingerprint density at radius 3 is 2.67 bits per heavy atom. The lowest BCUT2D eigenvalue weighted by Crippen LogP contribution is -2.31. The molecule has 1 aliphatic carbocycles. The lowest BCUT2D eigenvalue weighted by molar-refractivity contribution is -0.137. The standard InChI is InChI=1S/C22H21Cl2N3O5S/c23-16-4-1-2-7-20(16)32-21-9-8-14(12-17(21)24)33(30,31)26-18-5-3-6-19-15(18)13-25-27(19)11-10-22(28)29/h1-2,4,7-9,12-13,18,26H,3,5-6,10-11H2,(H,28,29). The zero-order chi connectivity index (χ0) is 23.6. The molecule has 0 amide bonds. The number of nitrogens with one attached hydrogen (secondary N) is 1. The predicted octanol–water partition coefficient (Wildman–Crippen LogP) is 4.81. The van der Waals surface area contributed by atoms with Gasteiger partial charge in [0.25, 0.3) is 0 Å². The molecule has 8 nitrogen and oxygen atoms in total. The quantitative estimate of drug-likeness (QED) is 0.450. The van der Waals surface area contributed by atoms with Crippen LogP contribution in [0.4, 0.5) is 0 Å². The molecule has 2 N–H and O–H groups in total. The number of aliphatic carboxylic acids is 1. The van der Waals surface area contributed by atoms with Crippen LogP contribution in [0.15, 0.2) is 53.6 Å². The highest BCUT2D eigenvalue weighted by atomic mass is 35.5. The van der Waals surface area contributed by atoms with Gasteiger partial charge in [0.2, 0.25) is 10.0 Å². The number of para-hydroxylation sites is 1. The average molecular weight is 510 g/mol. The summed E-state index contributed by atoms with van der Waals surface area (Å²) in [6.45, 7) is 0.243. The first-order valence-electron chi connectivity index (χ1n) is 10.3. The maximum Gasteiger partial charge on any atom is 0.305 e. The highest BCUT2D eigenvalue weighted by Gasteiger charge is 2.29. The van der Waals surface area contributed by atoms with Crippen LogP contribution in [0.2, 0.25) is 10.0 Å². The van der Waals surface area contributed by atoms with Crippen molar-refractivity contribution >= 4 is 39.2 Å². The molecule has 4 rings (SSSR count). The van der Waals surface area contributed by atoms with Crippen LogP contribution < -0.4 is 9.46 Å². The van der Waals surface area contributed by atoms with E-state index in [-0.39, 0.29) is 28.6 Å². The molecule has 0 saturated heterocycles. The summed E-state index contributed by atoms with van der Waals surface area (Å²) in [7, 11) is -3.89. The van der Waals surface area contributed by atoms with E-state index in [0.29, 0.717) is 23.6 Å². The molecule has 0 aliphatic heterocycles. The molecule has 1 unspecified atom stereocenters. The fraction of sp³-hybridized carbons (Fsp3) is 0.273. The van der Waals surface area contributed by atoms with Gasteiger partial charge >= 0.3 is 5.97 Å². The Hall–Kier alpha value is -2.59. The van der Waals surface area contributed by atoms with Gasteiger partial charge in [0.1, 0.15) is 11.5 Å². The van der Waals surface area contributed by atoms with Gasteiger partial charge in [-0.15, -0.1) is 0 Å². The lowest BCUT2D eigenvalue weighted by Gasteiger charge is -2.24. The molecular formula is C22H21Cl2N3O5S. The first kappa shape index (κ1) is 23.6. The molecule has 0 spiro atoms. The Kier molecular flexibility index (Phi) is 6.94. The molecule has 0 bridgehead atoms. The molecule has 33 heavy (non-hydrogen) atoms. The summed E-state index contributed by atoms with van der Waals surface area (Å²) in [4.78, 5) is 10.9. The number of hydrogen-bond donors (Lipinski definition) is 2. The van der Waals surface area contributed by atoms with Crippen molar-refractivity contribution < 1.29 is 23.1 Å². The molecule has 0 fully saturated rings. The second-order valence-corrected chi connectivity index (χ2v) is 10.1. The Morgan fingerprint density at radius 2 is 1.94 bits per heavy atom. The van der Waals surface area contributed by atoms with Crippen LogP contribution >= 0.6 is 23.2 Å². The van der Waals surface area contributed by atoms with Crippen LogP contribution in [-0.4, -0.2) is 29.3 Å². The number of sulfonamides is 1. The monoisotopic (exact) mass is 509 g/mol. The highest BCUT2D eigenvalue weighted by molar-refractivity contribution is 7.89. The highest BCUT2D eigenvalue weighted by Crippen LogP contribution is 2.36. The summed E-state index contributed by atoms with van der Waals surface area (Å²) in [6.07, 6.45) is 3.64. The van der Waals surface area contributed by atoms with Gasteiger partial charge in [0.05, 0.1) is 40.1 Å². The van der Waals surface area contributed by atoms with Crippen molar-refractivity contribution in [3.8, 4) is 11.5 Å². The third kappa shape index (κ3) is 5.33. The topological polar surface area (TPSA) is 111 Å². The molecule has 174 valence electrons. The zero-order valence-electron chi connectivity index (χ0n) is 17.4. The van der Waals surface area contributed by atoms with Crippen LogP contribution in [0.3, 0.4) is 0 Å². The van der Waals surface area contributed by atoms with Crippen molar-refractivity contribution in [3.05, 3.63) is 70.0 Å². The minimum absolute atomic E-state index is 0.00408. The summed E-state index contributed by atoms with van der Waals surface area (Å²) in [5.41, 5.74) is 1.62. The number of carboxylic acids is 1. The smallest absolute Gasteiger partial charge is 0.305 e. The van der Waals surface area contributed by atoms with Crippen LogP contribution in [0.1, 0.15) is 36.6 Å². The van der Waals surface area contributed by atoms with Crippen LogP contribution in [0.25, 0.3) is 0 Å². The van der Waals surface area contributed by atoms with E-state index in [4.69, 9.17) is 33.0 Å². The van der Waals surface area contributed by atoms with E-state index in [9.17, 15) is 13.2 Å². The van der Waals surface area contributed by atoms with Gasteiger partial charge in [-0.05, 0) is 49.6 Å². The molecule has 1 heterocycles. The first-order chi connectivity index (χ1) is 15.7. The third-order valence-electron chi connectivity index (χ3n) is 5.37. The van der Waals surface area contributed by atoms with Crippen LogP contribution in [0, 0.1) is 0 Å². The van der Waals surface area contributed by atoms with Crippen molar-refractivity contribution in [2.45, 2.75) is 43.2 Å². The van der Waals surface area contributed by atoms with E-state index in [0.717, 1.165) is 17.7 Å². The van der Waals surface area contributed by atoms with Gasteiger partial charge in [0.15, 0.2) is 0 Å². The van der Waals surface area contributed by atoms with Crippen molar-refractivity contribution in [2.24, 2.45) is 0 Å². The number of fused-ring (bicyclic) bond motifs is 1. The largest absolute Gasteiger partial charge is 0.481 e. The fourth-order valence-electron chi connectivity index (χ4n) is 3.77. The number of carboxylic acid groups (broad SMARTS) is 1. The molecule has 2 aromatic carbocycles. The maximum atomic E-state index is 13.1. The Labute approximate surface area is 201 Å². The molecular weight excluding hydrogens is 489 g/mol. The van der Waals surface area contributed by atoms with Crippen molar-refractivity contribution in [3.63, 3.8) is 0 Å². The number of aryl methyl sites for hydroxylation is 1. The average Bonchev–Trinajstić information content (AvgIpc) is 3.19. The number of nitrogens with zero attached hydrogens (tertiary/aromatic N) is 2.